The van der Waals surface area contributed by atoms with Crippen LogP contribution in [0.4, 0.5) is 0 Å². The number of carbonyl (C=O) groups is 1. The highest BCUT2D eigenvalue weighted by Crippen LogP contribution is 2.36. The van der Waals surface area contributed by atoms with Crippen LogP contribution in [0.15, 0.2) is 0 Å². The maximum Gasteiger partial charge on any atom is 0.144 e. The van der Waals surface area contributed by atoms with E-state index in [1.165, 1.54) is 58.0 Å². The second kappa shape index (κ2) is 3.89. The molecule has 3 fully saturated rings. The maximum atomic E-state index is 12.2. The number of ketones is 1. The molecule has 1 saturated heterocycles. The highest BCUT2D eigenvalue weighted by molar-refractivity contribution is 5.85. The third-order valence-corrected chi connectivity index (χ3v) is 4.92. The summed E-state index contributed by atoms with van der Waals surface area (Å²) < 4.78 is 0. The van der Waals surface area contributed by atoms with E-state index in [0.29, 0.717) is 23.7 Å². The molecule has 3 atom stereocenters. The van der Waals surface area contributed by atoms with E-state index in [1.54, 1.807) is 4.90 Å². The van der Waals surface area contributed by atoms with Crippen molar-refractivity contribution < 1.29 is 9.69 Å². The lowest BCUT2D eigenvalue weighted by atomic mass is 9.68. The summed E-state index contributed by atoms with van der Waals surface area (Å²) in [5.41, 5.74) is 0. The molecule has 2 aliphatic carbocycles. The highest BCUT2D eigenvalue weighted by Gasteiger charge is 2.45. The molecule has 3 aliphatic rings. The first-order valence-corrected chi connectivity index (χ1v) is 6.74. The Balaban J connectivity index is 1.75. The fourth-order valence-corrected chi connectivity index (χ4v) is 4.13. The van der Waals surface area contributed by atoms with Gasteiger partial charge in [-0.3, -0.25) is 4.79 Å². The topological polar surface area (TPSA) is 21.5 Å². The molecule has 0 aromatic carbocycles. The minimum atomic E-state index is 0.450. The quantitative estimate of drug-likeness (QED) is 0.677. The lowest BCUT2D eigenvalue weighted by Crippen LogP contribution is -3.15. The molecule has 0 unspecified atom stereocenters. The molecule has 1 heterocycles. The number of fused-ring (bicyclic) bond motifs is 2. The van der Waals surface area contributed by atoms with Gasteiger partial charge < -0.3 is 4.90 Å². The van der Waals surface area contributed by atoms with Crippen molar-refractivity contribution in [3.63, 3.8) is 0 Å². The number of hydrogen-bond acceptors (Lipinski definition) is 1. The van der Waals surface area contributed by atoms with Crippen LogP contribution in [0.3, 0.4) is 0 Å². The Morgan fingerprint density at radius 2 is 1.73 bits per heavy atom. The molecule has 2 nitrogen and oxygen atoms in total. The van der Waals surface area contributed by atoms with Crippen molar-refractivity contribution in [2.45, 2.75) is 51.0 Å². The largest absolute Gasteiger partial charge is 0.332 e. The van der Waals surface area contributed by atoms with Crippen LogP contribution in [0.25, 0.3) is 0 Å². The number of rotatable bonds is 1. The Labute approximate surface area is 92.0 Å². The minimum absolute atomic E-state index is 0.450. The second-order valence-electron chi connectivity index (χ2n) is 5.69. The number of quaternary nitrogens is 1. The SMILES string of the molecule is O=C1[C@H]2CCC[C@H]1[C@@H]([NH+]1CCCC1)CC2. The number of nitrogens with one attached hydrogen (secondary N) is 1. The van der Waals surface area contributed by atoms with Gasteiger partial charge >= 0.3 is 0 Å². The van der Waals surface area contributed by atoms with Crippen molar-refractivity contribution in [2.24, 2.45) is 11.8 Å². The first-order valence-electron chi connectivity index (χ1n) is 6.74. The first-order chi connectivity index (χ1) is 7.36. The Morgan fingerprint density at radius 3 is 2.53 bits per heavy atom. The molecular formula is C13H22NO+. The lowest BCUT2D eigenvalue weighted by Gasteiger charge is -2.40. The number of Topliss-reactive ketones (excluding diaryl/α,β-unsaturated/α-hetero) is 1. The molecule has 15 heavy (non-hydrogen) atoms. The molecule has 1 aliphatic heterocycles. The predicted molar refractivity (Wildman–Crippen MR) is 58.8 cm³/mol. The standard InChI is InChI=1S/C13H21NO/c15-13-10-4-3-5-11(13)12(7-6-10)14-8-1-2-9-14/h10-12H,1-9H2/p+1/t10-,11-,12-/m0/s1. The van der Waals surface area contributed by atoms with E-state index >= 15 is 0 Å². The zero-order valence-corrected chi connectivity index (χ0v) is 9.50. The van der Waals surface area contributed by atoms with Gasteiger partial charge in [0.25, 0.3) is 0 Å². The molecule has 0 radical (unpaired) electrons. The number of carbonyl (C=O) groups excluding carboxylic acids is 1. The van der Waals surface area contributed by atoms with Gasteiger partial charge in [0.05, 0.1) is 25.0 Å². The van der Waals surface area contributed by atoms with E-state index in [2.05, 4.69) is 0 Å². The molecular weight excluding hydrogens is 186 g/mol. The summed E-state index contributed by atoms with van der Waals surface area (Å²) >= 11 is 0. The summed E-state index contributed by atoms with van der Waals surface area (Å²) in [6.07, 6.45) is 9.00. The van der Waals surface area contributed by atoms with Crippen molar-refractivity contribution in [1.29, 1.82) is 0 Å². The van der Waals surface area contributed by atoms with E-state index in [1.807, 2.05) is 0 Å². The summed E-state index contributed by atoms with van der Waals surface area (Å²) in [4.78, 5) is 13.9. The Hall–Kier alpha value is -0.370. The zero-order chi connectivity index (χ0) is 10.3. The van der Waals surface area contributed by atoms with Gasteiger partial charge in [-0.25, -0.2) is 0 Å². The van der Waals surface area contributed by atoms with Crippen molar-refractivity contribution in [1.82, 2.24) is 0 Å². The smallest absolute Gasteiger partial charge is 0.144 e. The van der Waals surface area contributed by atoms with Crippen LogP contribution >= 0.6 is 0 Å². The molecule has 1 N–H and O–H groups in total. The fourth-order valence-electron chi connectivity index (χ4n) is 4.13. The summed E-state index contributed by atoms with van der Waals surface area (Å²) in [7, 11) is 0. The van der Waals surface area contributed by atoms with Crippen LogP contribution in [-0.4, -0.2) is 24.9 Å². The molecule has 2 heteroatoms. The summed E-state index contributed by atoms with van der Waals surface area (Å²) in [5, 5.41) is 0. The molecule has 0 spiro atoms. The van der Waals surface area contributed by atoms with Gasteiger partial charge in [-0.15, -0.1) is 0 Å². The Bertz CT molecular complexity index is 257. The molecule has 0 amide bonds. The Kier molecular flexibility index (Phi) is 2.55. The van der Waals surface area contributed by atoms with Gasteiger partial charge in [0.15, 0.2) is 0 Å². The van der Waals surface area contributed by atoms with Gasteiger partial charge in [0.2, 0.25) is 0 Å². The van der Waals surface area contributed by atoms with Crippen molar-refractivity contribution in [3.8, 4) is 0 Å². The molecule has 84 valence electrons. The van der Waals surface area contributed by atoms with Crippen LogP contribution in [-0.2, 0) is 4.79 Å². The van der Waals surface area contributed by atoms with Gasteiger partial charge in [-0.2, -0.15) is 0 Å². The molecule has 0 aromatic rings. The van der Waals surface area contributed by atoms with Crippen molar-refractivity contribution in [3.05, 3.63) is 0 Å². The monoisotopic (exact) mass is 208 g/mol. The van der Waals surface area contributed by atoms with E-state index in [-0.39, 0.29) is 0 Å². The van der Waals surface area contributed by atoms with Gasteiger partial charge in [-0.05, 0) is 19.3 Å². The first kappa shape index (κ1) is 9.83. The number of hydrogen-bond donors (Lipinski definition) is 1. The highest BCUT2D eigenvalue weighted by atomic mass is 16.1. The Morgan fingerprint density at radius 1 is 0.933 bits per heavy atom. The summed E-state index contributed by atoms with van der Waals surface area (Å²) in [6.45, 7) is 2.66. The van der Waals surface area contributed by atoms with Crippen LogP contribution in [0, 0.1) is 11.8 Å². The maximum absolute atomic E-state index is 12.2. The van der Waals surface area contributed by atoms with Crippen LogP contribution in [0.2, 0.25) is 0 Å². The van der Waals surface area contributed by atoms with E-state index in [9.17, 15) is 4.79 Å². The second-order valence-corrected chi connectivity index (χ2v) is 5.69. The normalized spacial score (nSPS) is 42.1. The summed E-state index contributed by atoms with van der Waals surface area (Å²) in [6, 6.07) is 0.705. The predicted octanol–water partition coefficient (Wildman–Crippen LogP) is 0.813. The van der Waals surface area contributed by atoms with Crippen molar-refractivity contribution in [2.75, 3.05) is 13.1 Å². The summed E-state index contributed by atoms with van der Waals surface area (Å²) in [5.74, 6) is 1.55. The van der Waals surface area contributed by atoms with E-state index in [4.69, 9.17) is 0 Å². The zero-order valence-electron chi connectivity index (χ0n) is 9.50. The van der Waals surface area contributed by atoms with Gasteiger partial charge in [-0.1, -0.05) is 6.42 Å². The fraction of sp³-hybridized carbons (Fsp3) is 0.923. The average Bonchev–Trinajstić information content (AvgIpc) is 2.70. The average molecular weight is 208 g/mol. The molecule has 2 saturated carbocycles. The van der Waals surface area contributed by atoms with Crippen LogP contribution < -0.4 is 4.90 Å². The van der Waals surface area contributed by atoms with E-state index in [0.717, 1.165) is 0 Å². The van der Waals surface area contributed by atoms with E-state index < -0.39 is 0 Å². The van der Waals surface area contributed by atoms with Crippen LogP contribution in [0.5, 0.6) is 0 Å². The minimum Gasteiger partial charge on any atom is -0.332 e. The van der Waals surface area contributed by atoms with Gasteiger partial charge in [0.1, 0.15) is 5.78 Å². The third kappa shape index (κ3) is 1.63. The van der Waals surface area contributed by atoms with Crippen LogP contribution in [0.1, 0.15) is 44.9 Å². The third-order valence-electron chi connectivity index (χ3n) is 4.92. The molecule has 0 aromatic heterocycles. The molecule has 3 rings (SSSR count). The van der Waals surface area contributed by atoms with Gasteiger partial charge in [0, 0.05) is 25.2 Å². The number of likely N-dealkylation sites (tertiary alicyclic amines) is 1. The lowest BCUT2D eigenvalue weighted by molar-refractivity contribution is -0.917. The molecule has 2 bridgehead atoms. The van der Waals surface area contributed by atoms with Crippen molar-refractivity contribution >= 4 is 5.78 Å².